The Balaban J connectivity index is 1.38. The average molecular weight is 291 g/mol. The summed E-state index contributed by atoms with van der Waals surface area (Å²) in [5.41, 5.74) is 1.20. The fourth-order valence-electron chi connectivity index (χ4n) is 2.02. The summed E-state index contributed by atoms with van der Waals surface area (Å²) in [6.07, 6.45) is 2.09. The van der Waals surface area contributed by atoms with Crippen molar-refractivity contribution in [1.29, 1.82) is 0 Å². The molecule has 0 amide bonds. The summed E-state index contributed by atoms with van der Waals surface area (Å²) in [5.74, 6) is 0.924. The van der Waals surface area contributed by atoms with E-state index in [0.29, 0.717) is 19.8 Å². The van der Waals surface area contributed by atoms with E-state index < -0.39 is 0 Å². The number of aliphatic imine (C=N–C) groups is 1. The zero-order valence-electron chi connectivity index (χ0n) is 12.5. The predicted molar refractivity (Wildman–Crippen MR) is 84.5 cm³/mol. The van der Waals surface area contributed by atoms with Gasteiger partial charge in [-0.25, -0.2) is 0 Å². The molecule has 5 nitrogen and oxygen atoms in total. The van der Waals surface area contributed by atoms with Gasteiger partial charge in [0.25, 0.3) is 0 Å². The molecule has 21 heavy (non-hydrogen) atoms. The van der Waals surface area contributed by atoms with Crippen LogP contribution in [0.3, 0.4) is 0 Å². The Bertz CT molecular complexity index is 409. The summed E-state index contributed by atoms with van der Waals surface area (Å²) in [4.78, 5) is 4.35. The second kappa shape index (κ2) is 10.2. The minimum absolute atomic E-state index is 0.636. The molecule has 1 aromatic carbocycles. The van der Waals surface area contributed by atoms with Crippen LogP contribution in [0.25, 0.3) is 0 Å². The maximum absolute atomic E-state index is 5.55. The van der Waals surface area contributed by atoms with Gasteiger partial charge in [-0.1, -0.05) is 30.3 Å². The van der Waals surface area contributed by atoms with Gasteiger partial charge < -0.3 is 20.1 Å². The number of nitrogens with one attached hydrogen (secondary N) is 2. The first kappa shape index (κ1) is 15.8. The first-order chi connectivity index (χ1) is 10.4. The molecule has 0 fully saturated rings. The lowest BCUT2D eigenvalue weighted by Gasteiger charge is -2.15. The Morgan fingerprint density at radius 3 is 2.76 bits per heavy atom. The van der Waals surface area contributed by atoms with E-state index in [-0.39, 0.29) is 0 Å². The maximum atomic E-state index is 5.55. The molecule has 0 aromatic heterocycles. The fourth-order valence-corrected chi connectivity index (χ4v) is 2.02. The topological polar surface area (TPSA) is 54.9 Å². The van der Waals surface area contributed by atoms with Crippen molar-refractivity contribution in [2.45, 2.75) is 19.4 Å². The normalized spacial score (nSPS) is 14.4. The molecule has 2 rings (SSSR count). The molecule has 1 aliphatic heterocycles. The smallest absolute Gasteiger partial charge is 0.191 e. The van der Waals surface area contributed by atoms with E-state index in [0.717, 1.165) is 45.0 Å². The molecular formula is C16H25N3O2. The number of guanidine groups is 1. The third-order valence-corrected chi connectivity index (χ3v) is 3.14. The first-order valence-electron chi connectivity index (χ1n) is 7.67. The number of hydrogen-bond acceptors (Lipinski definition) is 5. The van der Waals surface area contributed by atoms with Crippen molar-refractivity contribution in [1.82, 2.24) is 10.6 Å². The van der Waals surface area contributed by atoms with Gasteiger partial charge in [0.2, 0.25) is 0 Å². The Kier molecular flexibility index (Phi) is 7.66. The Labute approximate surface area is 126 Å². The third-order valence-electron chi connectivity index (χ3n) is 3.14. The van der Waals surface area contributed by atoms with Gasteiger partial charge in [-0.15, -0.1) is 0 Å². The highest BCUT2D eigenvalue weighted by molar-refractivity contribution is 5.80. The SMILES string of the molecule is c1ccc(COCCOCCCNC2=NCCCN2)cc1. The third kappa shape index (κ3) is 7.11. The van der Waals surface area contributed by atoms with Gasteiger partial charge in [0.05, 0.1) is 19.8 Å². The van der Waals surface area contributed by atoms with Crippen molar-refractivity contribution >= 4 is 5.96 Å². The predicted octanol–water partition coefficient (Wildman–Crippen LogP) is 1.55. The molecule has 1 aliphatic rings. The van der Waals surface area contributed by atoms with E-state index >= 15 is 0 Å². The number of ether oxygens (including phenoxy) is 2. The van der Waals surface area contributed by atoms with Crippen LogP contribution in [-0.4, -0.2) is 45.4 Å². The molecule has 0 atom stereocenters. The largest absolute Gasteiger partial charge is 0.379 e. The first-order valence-corrected chi connectivity index (χ1v) is 7.67. The van der Waals surface area contributed by atoms with Crippen molar-refractivity contribution in [3.05, 3.63) is 35.9 Å². The van der Waals surface area contributed by atoms with E-state index in [2.05, 4.69) is 27.8 Å². The van der Waals surface area contributed by atoms with Gasteiger partial charge in [0.1, 0.15) is 0 Å². The van der Waals surface area contributed by atoms with Crippen LogP contribution in [0, 0.1) is 0 Å². The highest BCUT2D eigenvalue weighted by atomic mass is 16.5. The summed E-state index contributed by atoms with van der Waals surface area (Å²) in [6, 6.07) is 10.2. The van der Waals surface area contributed by atoms with E-state index in [9.17, 15) is 0 Å². The standard InChI is InChI=1S/C16H25N3O2/c1-2-6-15(7-3-1)14-21-13-12-20-11-5-10-19-16-17-8-4-9-18-16/h1-3,6-7H,4-5,8-14H2,(H2,17,18,19). The minimum Gasteiger partial charge on any atom is -0.379 e. The molecule has 5 heteroatoms. The van der Waals surface area contributed by atoms with Gasteiger partial charge in [-0.2, -0.15) is 0 Å². The van der Waals surface area contributed by atoms with Crippen LogP contribution < -0.4 is 10.6 Å². The maximum Gasteiger partial charge on any atom is 0.191 e. The monoisotopic (exact) mass is 291 g/mol. The highest BCUT2D eigenvalue weighted by Gasteiger charge is 2.01. The van der Waals surface area contributed by atoms with Crippen LogP contribution >= 0.6 is 0 Å². The molecule has 2 N–H and O–H groups in total. The number of hydrogen-bond donors (Lipinski definition) is 2. The van der Waals surface area contributed by atoms with E-state index in [1.54, 1.807) is 0 Å². The second-order valence-electron chi connectivity index (χ2n) is 4.94. The highest BCUT2D eigenvalue weighted by Crippen LogP contribution is 2.00. The molecule has 1 aromatic rings. The summed E-state index contributed by atoms with van der Waals surface area (Å²) >= 11 is 0. The van der Waals surface area contributed by atoms with Gasteiger partial charge in [-0.05, 0) is 18.4 Å². The van der Waals surface area contributed by atoms with Gasteiger partial charge in [0.15, 0.2) is 5.96 Å². The van der Waals surface area contributed by atoms with Crippen LogP contribution in [-0.2, 0) is 16.1 Å². The lowest BCUT2D eigenvalue weighted by atomic mass is 10.2. The zero-order chi connectivity index (χ0) is 14.6. The summed E-state index contributed by atoms with van der Waals surface area (Å²) in [6.45, 7) is 5.50. The molecule has 0 unspecified atom stereocenters. The fraction of sp³-hybridized carbons (Fsp3) is 0.562. The molecule has 1 heterocycles. The van der Waals surface area contributed by atoms with E-state index in [4.69, 9.17) is 9.47 Å². The quantitative estimate of drug-likeness (QED) is 0.678. The van der Waals surface area contributed by atoms with Crippen molar-refractivity contribution in [3.63, 3.8) is 0 Å². The Hall–Kier alpha value is -1.59. The molecule has 0 saturated heterocycles. The summed E-state index contributed by atoms with van der Waals surface area (Å²) in [5, 5.41) is 6.50. The summed E-state index contributed by atoms with van der Waals surface area (Å²) in [7, 11) is 0. The van der Waals surface area contributed by atoms with Gasteiger partial charge in [0, 0.05) is 26.2 Å². The second-order valence-corrected chi connectivity index (χ2v) is 4.94. The van der Waals surface area contributed by atoms with Crippen LogP contribution in [0.1, 0.15) is 18.4 Å². The van der Waals surface area contributed by atoms with Crippen LogP contribution in [0.4, 0.5) is 0 Å². The Morgan fingerprint density at radius 1 is 1.10 bits per heavy atom. The van der Waals surface area contributed by atoms with Gasteiger partial charge >= 0.3 is 0 Å². The van der Waals surface area contributed by atoms with E-state index in [1.807, 2.05) is 18.2 Å². The molecule has 116 valence electrons. The van der Waals surface area contributed by atoms with Crippen molar-refractivity contribution in [3.8, 4) is 0 Å². The molecular weight excluding hydrogens is 266 g/mol. The average Bonchev–Trinajstić information content (AvgIpc) is 2.55. The van der Waals surface area contributed by atoms with Crippen molar-refractivity contribution < 1.29 is 9.47 Å². The van der Waals surface area contributed by atoms with Crippen molar-refractivity contribution in [2.24, 2.45) is 4.99 Å². The number of benzene rings is 1. The number of nitrogens with zero attached hydrogens (tertiary/aromatic N) is 1. The molecule has 0 saturated carbocycles. The lowest BCUT2D eigenvalue weighted by molar-refractivity contribution is 0.0401. The van der Waals surface area contributed by atoms with E-state index in [1.165, 1.54) is 5.56 Å². The minimum atomic E-state index is 0.636. The zero-order valence-corrected chi connectivity index (χ0v) is 12.5. The van der Waals surface area contributed by atoms with Gasteiger partial charge in [-0.3, -0.25) is 4.99 Å². The summed E-state index contributed by atoms with van der Waals surface area (Å²) < 4.78 is 11.1. The molecule has 0 spiro atoms. The molecule has 0 radical (unpaired) electrons. The van der Waals surface area contributed by atoms with Crippen LogP contribution in [0.15, 0.2) is 35.3 Å². The Morgan fingerprint density at radius 2 is 1.95 bits per heavy atom. The van der Waals surface area contributed by atoms with Crippen LogP contribution in [0.2, 0.25) is 0 Å². The molecule has 0 bridgehead atoms. The lowest BCUT2D eigenvalue weighted by Crippen LogP contribution is -2.41. The van der Waals surface area contributed by atoms with Crippen molar-refractivity contribution in [2.75, 3.05) is 39.5 Å². The van der Waals surface area contributed by atoms with Crippen LogP contribution in [0.5, 0.6) is 0 Å². The number of rotatable bonds is 9. The molecule has 0 aliphatic carbocycles.